The van der Waals surface area contributed by atoms with Crippen LogP contribution in [0.5, 0.6) is 11.5 Å². The molecule has 2 aromatic rings. The van der Waals surface area contributed by atoms with Crippen LogP contribution in [0, 0.1) is 5.82 Å². The summed E-state index contributed by atoms with van der Waals surface area (Å²) in [6.07, 6.45) is 1.11. The van der Waals surface area contributed by atoms with E-state index in [1.807, 2.05) is 0 Å². The predicted molar refractivity (Wildman–Crippen MR) is 73.9 cm³/mol. The Morgan fingerprint density at radius 2 is 1.90 bits per heavy atom. The normalized spacial score (nSPS) is 11.3. The second kappa shape index (κ2) is 5.60. The third-order valence-corrected chi connectivity index (χ3v) is 3.75. The van der Waals surface area contributed by atoms with Crippen molar-refractivity contribution < 1.29 is 17.5 Å². The van der Waals surface area contributed by atoms with E-state index in [1.165, 1.54) is 24.3 Å². The molecule has 0 fully saturated rings. The van der Waals surface area contributed by atoms with Gasteiger partial charge in [0.25, 0.3) is 0 Å². The molecule has 2 aromatic carbocycles. The first kappa shape index (κ1) is 14.5. The largest absolute Gasteiger partial charge is 0.457 e. The monoisotopic (exact) mass is 295 g/mol. The second-order valence-corrected chi connectivity index (χ2v) is 6.36. The summed E-state index contributed by atoms with van der Waals surface area (Å²) in [5.41, 5.74) is 6.06. The van der Waals surface area contributed by atoms with Crippen LogP contribution in [0.3, 0.4) is 0 Å². The molecule has 4 nitrogen and oxygen atoms in total. The minimum absolute atomic E-state index is 0.144. The topological polar surface area (TPSA) is 69.4 Å². The van der Waals surface area contributed by atoms with E-state index in [-0.39, 0.29) is 17.2 Å². The van der Waals surface area contributed by atoms with Crippen molar-refractivity contribution in [1.29, 1.82) is 0 Å². The lowest BCUT2D eigenvalue weighted by molar-refractivity contribution is 0.474. The zero-order valence-electron chi connectivity index (χ0n) is 10.8. The number of sulfone groups is 1. The molecule has 0 unspecified atom stereocenters. The molecule has 0 saturated heterocycles. The van der Waals surface area contributed by atoms with Gasteiger partial charge in [-0.3, -0.25) is 0 Å². The van der Waals surface area contributed by atoms with E-state index in [0.717, 1.165) is 6.26 Å². The molecule has 106 valence electrons. The number of benzene rings is 2. The molecule has 0 bridgehead atoms. The molecular formula is C14H14FNO3S. The summed E-state index contributed by atoms with van der Waals surface area (Å²) in [7, 11) is -3.31. The summed E-state index contributed by atoms with van der Waals surface area (Å²) >= 11 is 0. The zero-order valence-corrected chi connectivity index (χ0v) is 11.7. The summed E-state index contributed by atoms with van der Waals surface area (Å²) < 4.78 is 41.8. The molecule has 2 rings (SSSR count). The quantitative estimate of drug-likeness (QED) is 0.940. The van der Waals surface area contributed by atoms with Gasteiger partial charge in [-0.25, -0.2) is 12.8 Å². The minimum Gasteiger partial charge on any atom is -0.457 e. The van der Waals surface area contributed by atoms with E-state index in [1.54, 1.807) is 18.2 Å². The lowest BCUT2D eigenvalue weighted by atomic mass is 10.2. The van der Waals surface area contributed by atoms with Crippen molar-refractivity contribution in [1.82, 2.24) is 0 Å². The third-order valence-electron chi connectivity index (χ3n) is 2.64. The number of hydrogen-bond donors (Lipinski definition) is 1. The summed E-state index contributed by atoms with van der Waals surface area (Å²) in [6.45, 7) is 0.192. The van der Waals surface area contributed by atoms with Gasteiger partial charge in [0.2, 0.25) is 0 Å². The Morgan fingerprint density at radius 1 is 1.15 bits per heavy atom. The predicted octanol–water partition coefficient (Wildman–Crippen LogP) is 2.48. The van der Waals surface area contributed by atoms with Crippen molar-refractivity contribution in [3.8, 4) is 11.5 Å². The standard InChI is InChI=1S/C14H14FNO3S/c1-20(17,18)14-4-2-3-12(8-14)19-13-6-10(9-16)5-11(15)7-13/h2-8H,9,16H2,1H3. The maximum Gasteiger partial charge on any atom is 0.175 e. The van der Waals surface area contributed by atoms with Crippen LogP contribution >= 0.6 is 0 Å². The van der Waals surface area contributed by atoms with Crippen molar-refractivity contribution in [3.05, 3.63) is 53.8 Å². The highest BCUT2D eigenvalue weighted by atomic mass is 32.2. The number of rotatable bonds is 4. The van der Waals surface area contributed by atoms with Crippen LogP contribution in [0.2, 0.25) is 0 Å². The molecule has 0 saturated carbocycles. The Labute approximate surface area is 116 Å². The highest BCUT2D eigenvalue weighted by Gasteiger charge is 2.09. The van der Waals surface area contributed by atoms with Crippen molar-refractivity contribution in [3.63, 3.8) is 0 Å². The molecule has 0 aromatic heterocycles. The molecule has 0 amide bonds. The Morgan fingerprint density at radius 3 is 2.55 bits per heavy atom. The molecule has 0 atom stereocenters. The SMILES string of the molecule is CS(=O)(=O)c1cccc(Oc2cc(F)cc(CN)c2)c1. The van der Waals surface area contributed by atoms with Crippen molar-refractivity contribution >= 4 is 9.84 Å². The average molecular weight is 295 g/mol. The fourth-order valence-electron chi connectivity index (χ4n) is 1.70. The number of hydrogen-bond acceptors (Lipinski definition) is 4. The molecule has 0 aliphatic heterocycles. The Bertz CT molecular complexity index is 729. The van der Waals surface area contributed by atoms with Gasteiger partial charge in [-0.2, -0.15) is 0 Å². The van der Waals surface area contributed by atoms with Gasteiger partial charge in [0, 0.05) is 18.9 Å². The average Bonchev–Trinajstić information content (AvgIpc) is 2.37. The number of nitrogens with two attached hydrogens (primary N) is 1. The van der Waals surface area contributed by atoms with Gasteiger partial charge < -0.3 is 10.5 Å². The molecule has 0 aliphatic carbocycles. The molecule has 2 N–H and O–H groups in total. The first-order valence-corrected chi connectivity index (χ1v) is 7.75. The fourth-order valence-corrected chi connectivity index (χ4v) is 2.36. The van der Waals surface area contributed by atoms with Crippen LogP contribution in [-0.4, -0.2) is 14.7 Å². The molecular weight excluding hydrogens is 281 g/mol. The van der Waals surface area contributed by atoms with Crippen molar-refractivity contribution in [2.45, 2.75) is 11.4 Å². The highest BCUT2D eigenvalue weighted by Crippen LogP contribution is 2.25. The lowest BCUT2D eigenvalue weighted by Crippen LogP contribution is -1.99. The molecule has 0 aliphatic rings. The first-order valence-electron chi connectivity index (χ1n) is 5.86. The van der Waals surface area contributed by atoms with Crippen LogP contribution in [0.4, 0.5) is 4.39 Å². The number of ether oxygens (including phenoxy) is 1. The Hall–Kier alpha value is -1.92. The van der Waals surface area contributed by atoms with Gasteiger partial charge in [-0.05, 0) is 35.9 Å². The van der Waals surface area contributed by atoms with Crippen molar-refractivity contribution in [2.75, 3.05) is 6.26 Å². The molecule has 0 radical (unpaired) electrons. The van der Waals surface area contributed by atoms with E-state index in [2.05, 4.69) is 0 Å². The summed E-state index contributed by atoms with van der Waals surface area (Å²) in [5.74, 6) is 0.139. The maximum absolute atomic E-state index is 13.4. The highest BCUT2D eigenvalue weighted by molar-refractivity contribution is 7.90. The summed E-state index contributed by atoms with van der Waals surface area (Å²) in [4.78, 5) is 0.144. The zero-order chi connectivity index (χ0) is 14.8. The molecule has 0 spiro atoms. The van der Waals surface area contributed by atoms with Gasteiger partial charge in [-0.15, -0.1) is 0 Å². The molecule has 20 heavy (non-hydrogen) atoms. The van der Waals surface area contributed by atoms with Gasteiger partial charge in [0.15, 0.2) is 9.84 Å². The minimum atomic E-state index is -3.31. The van der Waals surface area contributed by atoms with Crippen LogP contribution < -0.4 is 10.5 Å². The summed E-state index contributed by atoms with van der Waals surface area (Å²) in [6, 6.07) is 10.2. The van der Waals surface area contributed by atoms with E-state index in [9.17, 15) is 12.8 Å². The smallest absolute Gasteiger partial charge is 0.175 e. The third kappa shape index (κ3) is 3.55. The van der Waals surface area contributed by atoms with Crippen LogP contribution in [0.25, 0.3) is 0 Å². The van der Waals surface area contributed by atoms with Gasteiger partial charge in [0.1, 0.15) is 17.3 Å². The maximum atomic E-state index is 13.4. The van der Waals surface area contributed by atoms with E-state index < -0.39 is 15.7 Å². The van der Waals surface area contributed by atoms with Gasteiger partial charge >= 0.3 is 0 Å². The number of halogens is 1. The van der Waals surface area contributed by atoms with Crippen molar-refractivity contribution in [2.24, 2.45) is 5.73 Å². The van der Waals surface area contributed by atoms with E-state index in [4.69, 9.17) is 10.5 Å². The Kier molecular flexibility index (Phi) is 4.06. The first-order chi connectivity index (χ1) is 9.38. The molecule has 0 heterocycles. The van der Waals surface area contributed by atoms with Gasteiger partial charge in [0.05, 0.1) is 4.90 Å². The summed E-state index contributed by atoms with van der Waals surface area (Å²) in [5, 5.41) is 0. The van der Waals surface area contributed by atoms with Crippen LogP contribution in [0.15, 0.2) is 47.4 Å². The van der Waals surface area contributed by atoms with E-state index in [0.29, 0.717) is 11.3 Å². The Balaban J connectivity index is 2.33. The second-order valence-electron chi connectivity index (χ2n) is 4.35. The lowest BCUT2D eigenvalue weighted by Gasteiger charge is -2.08. The molecule has 6 heteroatoms. The van der Waals surface area contributed by atoms with Crippen LogP contribution in [0.1, 0.15) is 5.56 Å². The fraction of sp³-hybridized carbons (Fsp3) is 0.143. The van der Waals surface area contributed by atoms with Crippen LogP contribution in [-0.2, 0) is 16.4 Å². The van der Waals surface area contributed by atoms with E-state index >= 15 is 0 Å². The van der Waals surface area contributed by atoms with Gasteiger partial charge in [-0.1, -0.05) is 6.07 Å².